The van der Waals surface area contributed by atoms with Gasteiger partial charge in [0.25, 0.3) is 0 Å². The monoisotopic (exact) mass is 409 g/mol. The van der Waals surface area contributed by atoms with Crippen LogP contribution in [0.15, 0.2) is 24.3 Å². The number of rotatable bonds is 10. The number of morpholine rings is 1. The first kappa shape index (κ1) is 23.1. The lowest BCUT2D eigenvalue weighted by atomic mass is 9.84. The molecule has 1 saturated heterocycles. The fourth-order valence-electron chi connectivity index (χ4n) is 3.91. The molecule has 6 heteroatoms. The summed E-state index contributed by atoms with van der Waals surface area (Å²) in [6.07, 6.45) is 1.86. The van der Waals surface area contributed by atoms with Crippen LogP contribution in [0.4, 0.5) is 0 Å². The van der Waals surface area contributed by atoms with Gasteiger partial charge in [-0.15, -0.1) is 0 Å². The Morgan fingerprint density at radius 2 is 1.96 bits per heavy atom. The highest BCUT2D eigenvalue weighted by atomic mass is 35.5. The van der Waals surface area contributed by atoms with Gasteiger partial charge in [0.1, 0.15) is 0 Å². The minimum Gasteiger partial charge on any atom is -0.374 e. The lowest BCUT2D eigenvalue weighted by molar-refractivity contribution is -0.121. The van der Waals surface area contributed by atoms with E-state index in [1.165, 1.54) is 0 Å². The van der Waals surface area contributed by atoms with Crippen LogP contribution in [0.25, 0.3) is 0 Å². The van der Waals surface area contributed by atoms with Crippen molar-refractivity contribution in [3.63, 3.8) is 0 Å². The van der Waals surface area contributed by atoms with Gasteiger partial charge >= 0.3 is 0 Å². The van der Waals surface area contributed by atoms with Crippen molar-refractivity contribution in [2.45, 2.75) is 52.2 Å². The molecule has 1 heterocycles. The Morgan fingerprint density at radius 1 is 1.29 bits per heavy atom. The van der Waals surface area contributed by atoms with Crippen molar-refractivity contribution in [3.8, 4) is 0 Å². The molecule has 1 aromatic carbocycles. The van der Waals surface area contributed by atoms with Gasteiger partial charge in [0.15, 0.2) is 0 Å². The number of ether oxygens (including phenoxy) is 1. The number of halogens is 1. The van der Waals surface area contributed by atoms with Gasteiger partial charge < -0.3 is 10.1 Å². The zero-order valence-electron chi connectivity index (χ0n) is 17.8. The molecule has 1 amide bonds. The fraction of sp³-hybridized carbons (Fsp3) is 0.682. The van der Waals surface area contributed by atoms with Crippen molar-refractivity contribution in [2.75, 3.05) is 39.3 Å². The molecule has 1 fully saturated rings. The van der Waals surface area contributed by atoms with Gasteiger partial charge in [-0.25, -0.2) is 0 Å². The second-order valence-corrected chi connectivity index (χ2v) is 8.54. The molecule has 0 aromatic heterocycles. The van der Waals surface area contributed by atoms with E-state index in [0.29, 0.717) is 12.5 Å². The number of carbonyl (C=O) groups excluding carboxylic acids is 1. The molecule has 0 spiro atoms. The second kappa shape index (κ2) is 11.1. The average Bonchev–Trinajstić information content (AvgIpc) is 2.68. The predicted octanol–water partition coefficient (Wildman–Crippen LogP) is 3.42. The van der Waals surface area contributed by atoms with Gasteiger partial charge in [-0.1, -0.05) is 51.4 Å². The van der Waals surface area contributed by atoms with E-state index in [0.717, 1.165) is 49.7 Å². The third-order valence-electron chi connectivity index (χ3n) is 5.56. The summed E-state index contributed by atoms with van der Waals surface area (Å²) in [5.41, 5.74) is 0.937. The number of nitrogens with one attached hydrogen (secondary N) is 2. The van der Waals surface area contributed by atoms with Crippen molar-refractivity contribution in [1.29, 1.82) is 0 Å². The summed E-state index contributed by atoms with van der Waals surface area (Å²) in [5, 5.41) is 7.24. The number of carbonyl (C=O) groups is 1. The molecule has 0 saturated carbocycles. The molecule has 0 radical (unpaired) electrons. The van der Waals surface area contributed by atoms with Gasteiger partial charge in [0.2, 0.25) is 5.91 Å². The van der Waals surface area contributed by atoms with E-state index in [9.17, 15) is 4.79 Å². The van der Waals surface area contributed by atoms with Gasteiger partial charge in [-0.05, 0) is 36.5 Å². The Bertz CT molecular complexity index is 602. The molecule has 158 valence electrons. The maximum atomic E-state index is 12.4. The molecule has 5 nitrogen and oxygen atoms in total. The van der Waals surface area contributed by atoms with Gasteiger partial charge in [0, 0.05) is 36.7 Å². The van der Waals surface area contributed by atoms with E-state index in [1.54, 1.807) is 0 Å². The first-order valence-corrected chi connectivity index (χ1v) is 10.9. The highest BCUT2D eigenvalue weighted by molar-refractivity contribution is 6.30. The van der Waals surface area contributed by atoms with Gasteiger partial charge in [0.05, 0.1) is 19.3 Å². The zero-order valence-corrected chi connectivity index (χ0v) is 18.5. The Kier molecular flexibility index (Phi) is 9.22. The number of nitrogens with zero attached hydrogens (tertiary/aromatic N) is 1. The van der Waals surface area contributed by atoms with Crippen molar-refractivity contribution in [2.24, 2.45) is 5.92 Å². The van der Waals surface area contributed by atoms with Gasteiger partial charge in [-0.2, -0.15) is 0 Å². The highest BCUT2D eigenvalue weighted by Crippen LogP contribution is 2.29. The molecule has 0 aliphatic carbocycles. The quantitative estimate of drug-likeness (QED) is 0.621. The summed E-state index contributed by atoms with van der Waals surface area (Å²) in [4.78, 5) is 14.9. The van der Waals surface area contributed by atoms with E-state index < -0.39 is 0 Å². The van der Waals surface area contributed by atoms with E-state index in [2.05, 4.69) is 43.2 Å². The largest absolute Gasteiger partial charge is 0.374 e. The van der Waals surface area contributed by atoms with Crippen LogP contribution in [-0.4, -0.2) is 56.2 Å². The predicted molar refractivity (Wildman–Crippen MR) is 116 cm³/mol. The number of amides is 1. The molecular formula is C22H36ClN3O2. The fourth-order valence-corrected chi connectivity index (χ4v) is 4.03. The maximum absolute atomic E-state index is 12.4. The topological polar surface area (TPSA) is 53.6 Å². The molecule has 28 heavy (non-hydrogen) atoms. The molecule has 1 atom stereocenters. The molecule has 1 aromatic rings. The maximum Gasteiger partial charge on any atom is 0.234 e. The summed E-state index contributed by atoms with van der Waals surface area (Å²) < 4.78 is 5.82. The standard InChI is InChI=1S/C22H36ClN3O2/c1-5-22(6-2,18-7-9-19(23)10-8-18)25-14-21(27)24-13-20-16-26(11-12-28-20)15-17(3)4/h7-10,17,20,25H,5-6,11-16H2,1-4H3,(H,24,27). The molecule has 0 bridgehead atoms. The summed E-state index contributed by atoms with van der Waals surface area (Å²) >= 11 is 6.03. The SMILES string of the molecule is CCC(CC)(NCC(=O)NCC1CN(CC(C)C)CCO1)c1ccc(Cl)cc1. The van der Waals surface area contributed by atoms with Crippen LogP contribution in [-0.2, 0) is 15.1 Å². The lowest BCUT2D eigenvalue weighted by Gasteiger charge is -2.35. The molecule has 2 N–H and O–H groups in total. The normalized spacial score (nSPS) is 18.4. The van der Waals surface area contributed by atoms with Crippen LogP contribution in [0.2, 0.25) is 5.02 Å². The molecule has 1 aliphatic heterocycles. The summed E-state index contributed by atoms with van der Waals surface area (Å²) in [6, 6.07) is 7.89. The molecule has 1 aliphatic rings. The van der Waals surface area contributed by atoms with Gasteiger partial charge in [-0.3, -0.25) is 15.0 Å². The van der Waals surface area contributed by atoms with Crippen LogP contribution in [0.5, 0.6) is 0 Å². The van der Waals surface area contributed by atoms with E-state index in [1.807, 2.05) is 24.3 Å². The smallest absolute Gasteiger partial charge is 0.234 e. The lowest BCUT2D eigenvalue weighted by Crippen LogP contribution is -2.51. The van der Waals surface area contributed by atoms with Crippen LogP contribution < -0.4 is 10.6 Å². The minimum absolute atomic E-state index is 0.00446. The van der Waals surface area contributed by atoms with E-state index >= 15 is 0 Å². The van der Waals surface area contributed by atoms with Crippen LogP contribution in [0, 0.1) is 5.92 Å². The van der Waals surface area contributed by atoms with Crippen LogP contribution >= 0.6 is 11.6 Å². The Hall–Kier alpha value is -1.14. The number of hydrogen-bond donors (Lipinski definition) is 2. The van der Waals surface area contributed by atoms with Crippen molar-refractivity contribution in [1.82, 2.24) is 15.5 Å². The summed E-state index contributed by atoms with van der Waals surface area (Å²) in [7, 11) is 0. The van der Waals surface area contributed by atoms with Crippen LogP contribution in [0.3, 0.4) is 0 Å². The highest BCUT2D eigenvalue weighted by Gasteiger charge is 2.28. The Morgan fingerprint density at radius 3 is 2.57 bits per heavy atom. The van der Waals surface area contributed by atoms with Crippen molar-refractivity contribution < 1.29 is 9.53 Å². The molecular weight excluding hydrogens is 374 g/mol. The summed E-state index contributed by atoms with van der Waals surface area (Å²) in [5.74, 6) is 0.645. The van der Waals surface area contributed by atoms with E-state index in [-0.39, 0.29) is 24.1 Å². The third-order valence-corrected chi connectivity index (χ3v) is 5.82. The Balaban J connectivity index is 1.83. The van der Waals surface area contributed by atoms with E-state index in [4.69, 9.17) is 16.3 Å². The first-order chi connectivity index (χ1) is 13.4. The average molecular weight is 410 g/mol. The number of benzene rings is 1. The second-order valence-electron chi connectivity index (χ2n) is 8.10. The third kappa shape index (κ3) is 6.73. The Labute approximate surface area is 175 Å². The molecule has 1 unspecified atom stereocenters. The van der Waals surface area contributed by atoms with Crippen LogP contribution in [0.1, 0.15) is 46.1 Å². The summed E-state index contributed by atoms with van der Waals surface area (Å²) in [6.45, 7) is 13.2. The zero-order chi connectivity index (χ0) is 20.6. The van der Waals surface area contributed by atoms with Crippen molar-refractivity contribution >= 4 is 17.5 Å². The first-order valence-electron chi connectivity index (χ1n) is 10.5. The minimum atomic E-state index is -0.225. The molecule has 2 rings (SSSR count). The van der Waals surface area contributed by atoms with Crippen molar-refractivity contribution in [3.05, 3.63) is 34.9 Å². The number of hydrogen-bond acceptors (Lipinski definition) is 4.